The monoisotopic (exact) mass is 429 g/mol. The molecule has 2 atom stereocenters. The summed E-state index contributed by atoms with van der Waals surface area (Å²) in [5.41, 5.74) is 1.79. The molecule has 0 saturated carbocycles. The number of benzene rings is 2. The van der Waals surface area contributed by atoms with Crippen LogP contribution in [-0.4, -0.2) is 35.5 Å². The molecule has 0 fully saturated rings. The first-order valence-electron chi connectivity index (χ1n) is 9.76. The second-order valence-electron chi connectivity index (χ2n) is 7.84. The zero-order chi connectivity index (χ0) is 21.9. The molecule has 2 aliphatic heterocycles. The maximum absolute atomic E-state index is 14.0. The molecule has 1 amide bonds. The fraction of sp³-hybridized carbons (Fsp3) is 0.273. The summed E-state index contributed by atoms with van der Waals surface area (Å²) in [6.45, 7) is 0.216. The van der Waals surface area contributed by atoms with Gasteiger partial charge in [-0.2, -0.15) is 0 Å². The van der Waals surface area contributed by atoms with Crippen molar-refractivity contribution >= 4 is 22.4 Å². The molecule has 0 unspecified atom stereocenters. The molecule has 1 aromatic heterocycles. The molecule has 2 aromatic carbocycles. The van der Waals surface area contributed by atoms with Gasteiger partial charge in [-0.3, -0.25) is 9.59 Å². The third-order valence-electron chi connectivity index (χ3n) is 5.97. The molecule has 2 N–H and O–H groups in total. The first-order valence-corrected chi connectivity index (χ1v) is 9.76. The van der Waals surface area contributed by atoms with Crippen molar-refractivity contribution in [2.45, 2.75) is 25.1 Å². The summed E-state index contributed by atoms with van der Waals surface area (Å²) in [6, 6.07) is 4.93. The van der Waals surface area contributed by atoms with Gasteiger partial charge in [0.15, 0.2) is 11.6 Å². The molecule has 0 aliphatic carbocycles. The van der Waals surface area contributed by atoms with Crippen LogP contribution in [0.5, 0.6) is 0 Å². The molecular formula is C22H18F3N3O3. The summed E-state index contributed by atoms with van der Waals surface area (Å²) in [4.78, 5) is 29.7. The van der Waals surface area contributed by atoms with Crippen molar-refractivity contribution in [3.05, 3.63) is 75.0 Å². The number of amides is 1. The smallest absolute Gasteiger partial charge is 0.256 e. The van der Waals surface area contributed by atoms with E-state index in [0.717, 1.165) is 12.1 Å². The number of rotatable bonds is 2. The average molecular weight is 429 g/mol. The number of H-pyrrole nitrogens is 1. The first-order chi connectivity index (χ1) is 14.8. The number of likely N-dealkylation sites (N-methyl/N-ethyl adjacent to an activating group) is 1. The number of hydrogen-bond donors (Lipinski definition) is 2. The number of halogens is 3. The van der Waals surface area contributed by atoms with Crippen LogP contribution >= 0.6 is 0 Å². The Morgan fingerprint density at radius 1 is 1.13 bits per heavy atom. The lowest BCUT2D eigenvalue weighted by Gasteiger charge is -2.35. The number of ether oxygens (including phenoxy) is 1. The number of fused-ring (bicyclic) bond motifs is 4. The van der Waals surface area contributed by atoms with Crippen LogP contribution in [0, 0.1) is 17.5 Å². The molecule has 0 radical (unpaired) electrons. The van der Waals surface area contributed by atoms with Crippen molar-refractivity contribution in [1.82, 2.24) is 9.88 Å². The zero-order valence-corrected chi connectivity index (χ0v) is 16.5. The van der Waals surface area contributed by atoms with Crippen LogP contribution in [0.4, 0.5) is 18.9 Å². The predicted molar refractivity (Wildman–Crippen MR) is 107 cm³/mol. The summed E-state index contributed by atoms with van der Waals surface area (Å²) in [7, 11) is 1.59. The SMILES string of the molecule is CN(C(=O)[C@@H]1Cc2cc(F)ccc2N1)[C@@H]1COCc2[nH]c(=O)c3cc(F)c(F)cc3c21. The third kappa shape index (κ3) is 3.16. The van der Waals surface area contributed by atoms with Crippen LogP contribution in [-0.2, 0) is 22.6 Å². The van der Waals surface area contributed by atoms with Crippen LogP contribution < -0.4 is 10.9 Å². The Bertz CT molecular complexity index is 1290. The summed E-state index contributed by atoms with van der Waals surface area (Å²) >= 11 is 0. The van der Waals surface area contributed by atoms with E-state index in [-0.39, 0.29) is 35.7 Å². The van der Waals surface area contributed by atoms with Gasteiger partial charge in [-0.05, 0) is 41.3 Å². The molecule has 5 rings (SSSR count). The summed E-state index contributed by atoms with van der Waals surface area (Å²) in [5.74, 6) is -2.83. The van der Waals surface area contributed by atoms with Gasteiger partial charge in [-0.15, -0.1) is 0 Å². The minimum Gasteiger partial charge on any atom is -0.373 e. The van der Waals surface area contributed by atoms with E-state index in [9.17, 15) is 22.8 Å². The molecule has 0 spiro atoms. The Hall–Kier alpha value is -3.33. The van der Waals surface area contributed by atoms with E-state index in [1.54, 1.807) is 13.1 Å². The van der Waals surface area contributed by atoms with E-state index in [1.807, 2.05) is 0 Å². The van der Waals surface area contributed by atoms with E-state index in [4.69, 9.17) is 4.74 Å². The van der Waals surface area contributed by atoms with Crippen LogP contribution in [0.1, 0.15) is 22.9 Å². The standard InChI is InChI=1S/C22H18F3N3O3/c1-28(22(30)17-5-10-4-11(23)2-3-16(10)26-17)19-9-31-8-18-20(19)12-6-14(24)15(25)7-13(12)21(29)27-18/h2-4,6-7,17,19,26H,5,8-9H2,1H3,(H,27,29)/t17-,19+/m0/s1. The highest BCUT2D eigenvalue weighted by atomic mass is 19.2. The molecule has 6 nitrogen and oxygen atoms in total. The number of aromatic amines is 1. The molecule has 2 aliphatic rings. The van der Waals surface area contributed by atoms with Gasteiger partial charge in [-0.1, -0.05) is 0 Å². The normalized spacial score (nSPS) is 19.6. The van der Waals surface area contributed by atoms with Crippen molar-refractivity contribution in [3.8, 4) is 0 Å². The second-order valence-corrected chi connectivity index (χ2v) is 7.84. The lowest BCUT2D eigenvalue weighted by Crippen LogP contribution is -2.44. The molecule has 31 heavy (non-hydrogen) atoms. The molecule has 3 aromatic rings. The van der Waals surface area contributed by atoms with Crippen LogP contribution in [0.25, 0.3) is 10.8 Å². The highest BCUT2D eigenvalue weighted by Gasteiger charge is 2.36. The molecule has 9 heteroatoms. The van der Waals surface area contributed by atoms with Crippen molar-refractivity contribution in [3.63, 3.8) is 0 Å². The number of aromatic nitrogens is 1. The third-order valence-corrected chi connectivity index (χ3v) is 5.97. The quantitative estimate of drug-likeness (QED) is 0.657. The van der Waals surface area contributed by atoms with Gasteiger partial charge in [0.05, 0.1) is 24.6 Å². The Morgan fingerprint density at radius 3 is 2.65 bits per heavy atom. The predicted octanol–water partition coefficient (Wildman–Crippen LogP) is 3.01. The fourth-order valence-corrected chi connectivity index (χ4v) is 4.43. The van der Waals surface area contributed by atoms with Gasteiger partial charge < -0.3 is 19.9 Å². The lowest BCUT2D eigenvalue weighted by atomic mass is 9.95. The Kier molecular flexibility index (Phi) is 4.51. The number of pyridine rings is 1. The number of nitrogens with one attached hydrogen (secondary N) is 2. The number of nitrogens with zero attached hydrogens (tertiary/aromatic N) is 1. The Morgan fingerprint density at radius 2 is 1.87 bits per heavy atom. The number of anilines is 1. The second kappa shape index (κ2) is 7.12. The maximum Gasteiger partial charge on any atom is 0.256 e. The van der Waals surface area contributed by atoms with Gasteiger partial charge in [0, 0.05) is 30.4 Å². The minimum atomic E-state index is -1.12. The van der Waals surface area contributed by atoms with Crippen molar-refractivity contribution in [2.75, 3.05) is 19.0 Å². The fourth-order valence-electron chi connectivity index (χ4n) is 4.43. The molecule has 0 bridgehead atoms. The van der Waals surface area contributed by atoms with E-state index in [0.29, 0.717) is 28.9 Å². The van der Waals surface area contributed by atoms with Crippen molar-refractivity contribution < 1.29 is 22.7 Å². The van der Waals surface area contributed by atoms with Crippen LogP contribution in [0.3, 0.4) is 0 Å². The summed E-state index contributed by atoms with van der Waals surface area (Å²) < 4.78 is 46.9. The Balaban J connectivity index is 1.53. The number of hydrogen-bond acceptors (Lipinski definition) is 4. The number of carbonyl (C=O) groups is 1. The summed E-state index contributed by atoms with van der Waals surface area (Å²) in [5, 5.41) is 3.35. The minimum absolute atomic E-state index is 0.00673. The van der Waals surface area contributed by atoms with Gasteiger partial charge in [0.2, 0.25) is 5.91 Å². The number of carbonyl (C=O) groups excluding carboxylic acids is 1. The molecule has 160 valence electrons. The van der Waals surface area contributed by atoms with Gasteiger partial charge in [0.1, 0.15) is 11.9 Å². The van der Waals surface area contributed by atoms with Gasteiger partial charge >= 0.3 is 0 Å². The highest BCUT2D eigenvalue weighted by Crippen LogP contribution is 2.35. The largest absolute Gasteiger partial charge is 0.373 e. The van der Waals surface area contributed by atoms with Crippen molar-refractivity contribution in [1.29, 1.82) is 0 Å². The lowest BCUT2D eigenvalue weighted by molar-refractivity contribution is -0.134. The molecular weight excluding hydrogens is 411 g/mol. The van der Waals surface area contributed by atoms with Gasteiger partial charge in [-0.25, -0.2) is 13.2 Å². The molecule has 0 saturated heterocycles. The van der Waals surface area contributed by atoms with E-state index in [2.05, 4.69) is 10.3 Å². The van der Waals surface area contributed by atoms with Crippen molar-refractivity contribution in [2.24, 2.45) is 0 Å². The zero-order valence-electron chi connectivity index (χ0n) is 16.5. The average Bonchev–Trinajstić information content (AvgIpc) is 3.17. The van der Waals surface area contributed by atoms with E-state index >= 15 is 0 Å². The highest BCUT2D eigenvalue weighted by molar-refractivity contribution is 5.90. The Labute approximate surface area is 174 Å². The van der Waals surface area contributed by atoms with E-state index in [1.165, 1.54) is 17.0 Å². The molecule has 3 heterocycles. The maximum atomic E-state index is 14.0. The summed E-state index contributed by atoms with van der Waals surface area (Å²) in [6.07, 6.45) is 0.322. The van der Waals surface area contributed by atoms with Crippen LogP contribution in [0.2, 0.25) is 0 Å². The van der Waals surface area contributed by atoms with Crippen LogP contribution in [0.15, 0.2) is 35.1 Å². The van der Waals surface area contributed by atoms with Gasteiger partial charge in [0.25, 0.3) is 5.56 Å². The van der Waals surface area contributed by atoms with E-state index < -0.39 is 29.3 Å². The topological polar surface area (TPSA) is 74.4 Å². The first kappa shape index (κ1) is 19.6.